The predicted octanol–water partition coefficient (Wildman–Crippen LogP) is 2.49. The van der Waals surface area contributed by atoms with Gasteiger partial charge in [0, 0.05) is 63.4 Å². The highest BCUT2D eigenvalue weighted by molar-refractivity contribution is 7.91. The molecular formula is C24H27N3O5S2. The Kier molecular flexibility index (Phi) is 5.99. The van der Waals surface area contributed by atoms with Crippen LogP contribution in [0.2, 0.25) is 0 Å². The van der Waals surface area contributed by atoms with Crippen LogP contribution >= 0.6 is 11.3 Å². The molecule has 3 aliphatic rings. The van der Waals surface area contributed by atoms with Crippen LogP contribution in [-0.4, -0.2) is 74.4 Å². The number of rotatable bonds is 4. The molecule has 1 aromatic heterocycles. The highest BCUT2D eigenvalue weighted by Crippen LogP contribution is 2.43. The molecule has 0 N–H and O–H groups in total. The van der Waals surface area contributed by atoms with E-state index in [2.05, 4.69) is 17.0 Å². The van der Waals surface area contributed by atoms with Crippen molar-refractivity contribution in [2.45, 2.75) is 29.6 Å². The van der Waals surface area contributed by atoms with E-state index >= 15 is 0 Å². The second kappa shape index (κ2) is 8.83. The van der Waals surface area contributed by atoms with Crippen LogP contribution in [0.5, 0.6) is 0 Å². The molecule has 0 aliphatic carbocycles. The standard InChI is InChI=1S/C24H27N3O5S2/c1-18-21(22(28)26-15-13-25(14-16-26)19-6-3-2-4-7-19)24(32-23(18)29)9-11-27(12-10-24)34(30,31)20-8-5-17-33-20/h2-8,17H,9-16H2,1H3. The minimum absolute atomic E-state index is 0.175. The Morgan fingerprint density at radius 2 is 1.65 bits per heavy atom. The quantitative estimate of drug-likeness (QED) is 0.599. The van der Waals surface area contributed by atoms with Gasteiger partial charge in [0.05, 0.1) is 5.57 Å². The Balaban J connectivity index is 1.30. The van der Waals surface area contributed by atoms with Crippen molar-refractivity contribution in [2.75, 3.05) is 44.2 Å². The van der Waals surface area contributed by atoms with Gasteiger partial charge in [0.25, 0.3) is 15.9 Å². The first-order chi connectivity index (χ1) is 16.3. The van der Waals surface area contributed by atoms with Gasteiger partial charge in [-0.2, -0.15) is 4.31 Å². The summed E-state index contributed by atoms with van der Waals surface area (Å²) in [6.45, 7) is 4.53. The lowest BCUT2D eigenvalue weighted by Crippen LogP contribution is -2.53. The number of esters is 1. The zero-order chi connectivity index (χ0) is 23.9. The number of carbonyl (C=O) groups is 2. The maximum absolute atomic E-state index is 13.6. The zero-order valence-electron chi connectivity index (χ0n) is 19.0. The number of piperidine rings is 1. The zero-order valence-corrected chi connectivity index (χ0v) is 20.6. The molecule has 0 saturated carbocycles. The van der Waals surface area contributed by atoms with Crippen molar-refractivity contribution in [1.29, 1.82) is 0 Å². The number of thiophene rings is 1. The molecule has 0 unspecified atom stereocenters. The van der Waals surface area contributed by atoms with E-state index in [9.17, 15) is 18.0 Å². The number of benzene rings is 1. The monoisotopic (exact) mass is 501 g/mol. The third-order valence-electron chi connectivity index (χ3n) is 6.95. The van der Waals surface area contributed by atoms with Crippen molar-refractivity contribution in [1.82, 2.24) is 9.21 Å². The number of anilines is 1. The van der Waals surface area contributed by atoms with Gasteiger partial charge in [-0.3, -0.25) is 4.79 Å². The predicted molar refractivity (Wildman–Crippen MR) is 129 cm³/mol. The summed E-state index contributed by atoms with van der Waals surface area (Å²) in [7, 11) is -3.59. The molecule has 10 heteroatoms. The van der Waals surface area contributed by atoms with Crippen molar-refractivity contribution < 1.29 is 22.7 Å². The molecule has 5 rings (SSSR count). The highest BCUT2D eigenvalue weighted by atomic mass is 32.2. The van der Waals surface area contributed by atoms with Crippen LogP contribution in [-0.2, 0) is 24.3 Å². The largest absolute Gasteiger partial charge is 0.450 e. The summed E-state index contributed by atoms with van der Waals surface area (Å²) in [6.07, 6.45) is 0.539. The molecule has 0 bridgehead atoms. The van der Waals surface area contributed by atoms with Gasteiger partial charge in [0.15, 0.2) is 0 Å². The van der Waals surface area contributed by atoms with E-state index in [1.807, 2.05) is 18.2 Å². The number of nitrogens with zero attached hydrogens (tertiary/aromatic N) is 3. The fourth-order valence-corrected chi connectivity index (χ4v) is 7.63. The van der Waals surface area contributed by atoms with E-state index in [0.717, 1.165) is 5.69 Å². The summed E-state index contributed by atoms with van der Waals surface area (Å²) in [6, 6.07) is 13.4. The van der Waals surface area contributed by atoms with Crippen molar-refractivity contribution in [3.8, 4) is 0 Å². The molecule has 1 aromatic carbocycles. The lowest BCUT2D eigenvalue weighted by Gasteiger charge is -2.41. The minimum Gasteiger partial charge on any atom is -0.450 e. The van der Waals surface area contributed by atoms with Crippen LogP contribution in [0.15, 0.2) is 63.2 Å². The second-order valence-corrected chi connectivity index (χ2v) is 11.9. The second-order valence-electron chi connectivity index (χ2n) is 8.83. The van der Waals surface area contributed by atoms with E-state index < -0.39 is 21.6 Å². The van der Waals surface area contributed by atoms with Crippen molar-refractivity contribution in [3.05, 3.63) is 59.0 Å². The van der Waals surface area contributed by atoms with Crippen molar-refractivity contribution >= 4 is 38.9 Å². The lowest BCUT2D eigenvalue weighted by atomic mass is 9.83. The molecule has 0 radical (unpaired) electrons. The van der Waals surface area contributed by atoms with Crippen LogP contribution in [0.4, 0.5) is 5.69 Å². The van der Waals surface area contributed by atoms with Gasteiger partial charge in [0.1, 0.15) is 9.81 Å². The van der Waals surface area contributed by atoms with Gasteiger partial charge < -0.3 is 14.5 Å². The number of hydrogen-bond acceptors (Lipinski definition) is 7. The molecule has 1 amide bonds. The van der Waals surface area contributed by atoms with E-state index in [1.54, 1.807) is 29.3 Å². The summed E-state index contributed by atoms with van der Waals surface area (Å²) < 4.78 is 33.4. The Bertz CT molecular complexity index is 1210. The number of carbonyl (C=O) groups excluding carboxylic acids is 2. The normalized spacial score (nSPS) is 21.3. The molecule has 2 aromatic rings. The van der Waals surface area contributed by atoms with E-state index in [0.29, 0.717) is 41.5 Å². The first-order valence-electron chi connectivity index (χ1n) is 11.4. The third kappa shape index (κ3) is 3.93. The summed E-state index contributed by atoms with van der Waals surface area (Å²) >= 11 is 1.18. The summed E-state index contributed by atoms with van der Waals surface area (Å²) in [5, 5.41) is 1.73. The Morgan fingerprint density at radius 3 is 2.26 bits per heavy atom. The SMILES string of the molecule is CC1=C(C(=O)N2CCN(c3ccccc3)CC2)C2(CCN(S(=O)(=O)c3cccs3)CC2)OC1=O. The Labute approximate surface area is 203 Å². The van der Waals surface area contributed by atoms with Gasteiger partial charge in [0.2, 0.25) is 0 Å². The highest BCUT2D eigenvalue weighted by Gasteiger charge is 2.53. The number of para-hydroxylation sites is 1. The Hall–Kier alpha value is -2.69. The summed E-state index contributed by atoms with van der Waals surface area (Å²) in [5.41, 5.74) is 0.806. The van der Waals surface area contributed by atoms with Gasteiger partial charge in [-0.05, 0) is 30.5 Å². The molecule has 8 nitrogen and oxygen atoms in total. The number of sulfonamides is 1. The van der Waals surface area contributed by atoms with Crippen LogP contribution in [0.1, 0.15) is 19.8 Å². The molecule has 0 atom stereocenters. The summed E-state index contributed by atoms with van der Waals surface area (Å²) in [5.74, 6) is -0.661. The van der Waals surface area contributed by atoms with Gasteiger partial charge in [-0.25, -0.2) is 13.2 Å². The maximum atomic E-state index is 13.6. The van der Waals surface area contributed by atoms with Gasteiger partial charge >= 0.3 is 5.97 Å². The van der Waals surface area contributed by atoms with Gasteiger partial charge in [-0.15, -0.1) is 11.3 Å². The van der Waals surface area contributed by atoms with Crippen LogP contribution in [0.3, 0.4) is 0 Å². The van der Waals surface area contributed by atoms with Crippen LogP contribution < -0.4 is 4.90 Å². The molecular weight excluding hydrogens is 474 g/mol. The number of ether oxygens (including phenoxy) is 1. The fraction of sp³-hybridized carbons (Fsp3) is 0.417. The maximum Gasteiger partial charge on any atom is 0.335 e. The molecule has 2 saturated heterocycles. The number of amides is 1. The minimum atomic E-state index is -3.59. The molecule has 2 fully saturated rings. The molecule has 1 spiro atoms. The molecule has 3 aliphatic heterocycles. The summed E-state index contributed by atoms with van der Waals surface area (Å²) in [4.78, 5) is 30.2. The average molecular weight is 502 g/mol. The van der Waals surface area contributed by atoms with Gasteiger partial charge in [-0.1, -0.05) is 24.3 Å². The first-order valence-corrected chi connectivity index (χ1v) is 13.7. The van der Waals surface area contributed by atoms with E-state index in [4.69, 9.17) is 4.74 Å². The third-order valence-corrected chi connectivity index (χ3v) is 10.2. The number of hydrogen-bond donors (Lipinski definition) is 0. The smallest absolute Gasteiger partial charge is 0.335 e. The van der Waals surface area contributed by atoms with Crippen LogP contribution in [0.25, 0.3) is 0 Å². The molecule has 4 heterocycles. The van der Waals surface area contributed by atoms with Crippen LogP contribution in [0, 0.1) is 0 Å². The van der Waals surface area contributed by atoms with Crippen molar-refractivity contribution in [3.63, 3.8) is 0 Å². The Morgan fingerprint density at radius 1 is 0.971 bits per heavy atom. The van der Waals surface area contributed by atoms with Crippen molar-refractivity contribution in [2.24, 2.45) is 0 Å². The van der Waals surface area contributed by atoms with E-state index in [-0.39, 0.29) is 31.8 Å². The van der Waals surface area contributed by atoms with E-state index in [1.165, 1.54) is 15.6 Å². The topological polar surface area (TPSA) is 87.2 Å². The number of piperazine rings is 1. The fourth-order valence-electron chi connectivity index (χ4n) is 5.05. The lowest BCUT2D eigenvalue weighted by molar-refractivity contribution is -0.150. The molecule has 34 heavy (non-hydrogen) atoms. The molecule has 180 valence electrons. The average Bonchev–Trinajstić information content (AvgIpc) is 3.48. The first kappa shape index (κ1) is 23.1.